The van der Waals surface area contributed by atoms with E-state index in [0.717, 1.165) is 5.56 Å². The fraction of sp³-hybridized carbons (Fsp3) is 0.333. The van der Waals surface area contributed by atoms with Gasteiger partial charge in [0.2, 0.25) is 0 Å². The molecule has 19 heavy (non-hydrogen) atoms. The predicted octanol–water partition coefficient (Wildman–Crippen LogP) is 1.98. The van der Waals surface area contributed by atoms with Gasteiger partial charge in [-0.1, -0.05) is 16.8 Å². The minimum atomic E-state index is -0.715. The fourth-order valence-electron chi connectivity index (χ4n) is 1.36. The topological polar surface area (TPSA) is 79.4 Å². The predicted molar refractivity (Wildman–Crippen MR) is 74.0 cm³/mol. The van der Waals surface area contributed by atoms with Crippen LogP contribution in [0.25, 0.3) is 11.5 Å². The van der Waals surface area contributed by atoms with Crippen LogP contribution in [0.15, 0.2) is 28.8 Å². The highest BCUT2D eigenvalue weighted by Crippen LogP contribution is 2.21. The second-order valence-electron chi connectivity index (χ2n) is 3.87. The maximum atomic E-state index is 9.20. The highest BCUT2D eigenvalue weighted by molar-refractivity contribution is 7.98. The second-order valence-corrected chi connectivity index (χ2v) is 5.34. The standard InChI is InChI=1S/C12H13ClN2O3S/c13-9-3-1-8(2-4-9)12-14-11(15-18-12)7-19-6-10(17)5-16/h1-4,10,16-17H,5-7H2/t10-/m0/s1. The molecule has 1 atom stereocenters. The summed E-state index contributed by atoms with van der Waals surface area (Å²) in [6, 6.07) is 7.13. The summed E-state index contributed by atoms with van der Waals surface area (Å²) in [7, 11) is 0. The Balaban J connectivity index is 1.93. The zero-order valence-corrected chi connectivity index (χ0v) is 11.6. The van der Waals surface area contributed by atoms with Crippen molar-refractivity contribution in [2.45, 2.75) is 11.9 Å². The number of nitrogens with zero attached hydrogens (tertiary/aromatic N) is 2. The molecule has 0 saturated carbocycles. The molecule has 0 radical (unpaired) electrons. The summed E-state index contributed by atoms with van der Waals surface area (Å²) in [6.45, 7) is -0.241. The van der Waals surface area contributed by atoms with Crippen LogP contribution in [0.1, 0.15) is 5.82 Å². The van der Waals surface area contributed by atoms with E-state index in [1.807, 2.05) is 12.1 Å². The molecule has 2 aromatic rings. The molecule has 2 rings (SSSR count). The lowest BCUT2D eigenvalue weighted by atomic mass is 10.2. The van der Waals surface area contributed by atoms with Crippen molar-refractivity contribution in [3.8, 4) is 11.5 Å². The summed E-state index contributed by atoms with van der Waals surface area (Å²) in [5.41, 5.74) is 0.809. The second kappa shape index (κ2) is 6.91. The maximum Gasteiger partial charge on any atom is 0.257 e. The molecule has 0 aliphatic rings. The van der Waals surface area contributed by atoms with Crippen molar-refractivity contribution in [1.29, 1.82) is 0 Å². The van der Waals surface area contributed by atoms with Crippen LogP contribution in [0.4, 0.5) is 0 Å². The number of rotatable bonds is 6. The van der Waals surface area contributed by atoms with E-state index >= 15 is 0 Å². The molecule has 1 aromatic heterocycles. The molecule has 0 aliphatic carbocycles. The van der Waals surface area contributed by atoms with E-state index in [1.54, 1.807) is 12.1 Å². The van der Waals surface area contributed by atoms with Gasteiger partial charge < -0.3 is 14.7 Å². The number of hydrogen-bond acceptors (Lipinski definition) is 6. The summed E-state index contributed by atoms with van der Waals surface area (Å²) in [5.74, 6) is 1.95. The number of thioether (sulfide) groups is 1. The number of aliphatic hydroxyl groups is 2. The summed E-state index contributed by atoms with van der Waals surface area (Å²) >= 11 is 7.24. The van der Waals surface area contributed by atoms with Crippen LogP contribution in [0.5, 0.6) is 0 Å². The number of aromatic nitrogens is 2. The first-order valence-corrected chi connectivity index (χ1v) is 7.17. The Bertz CT molecular complexity index is 518. The zero-order valence-electron chi connectivity index (χ0n) is 9.99. The molecule has 0 bridgehead atoms. The van der Waals surface area contributed by atoms with Crippen molar-refractivity contribution < 1.29 is 14.7 Å². The number of halogens is 1. The Labute approximate surface area is 119 Å². The molecule has 0 unspecified atom stereocenters. The Morgan fingerprint density at radius 2 is 2.05 bits per heavy atom. The van der Waals surface area contributed by atoms with E-state index in [0.29, 0.717) is 28.2 Å². The lowest BCUT2D eigenvalue weighted by molar-refractivity contribution is 0.113. The van der Waals surface area contributed by atoms with Gasteiger partial charge in [0.1, 0.15) is 0 Å². The molecule has 2 N–H and O–H groups in total. The molecule has 0 spiro atoms. The van der Waals surface area contributed by atoms with Crippen LogP contribution in [0.3, 0.4) is 0 Å². The quantitative estimate of drug-likeness (QED) is 0.849. The van der Waals surface area contributed by atoms with Crippen molar-refractivity contribution in [3.05, 3.63) is 35.1 Å². The average Bonchev–Trinajstić information content (AvgIpc) is 2.88. The summed E-state index contributed by atoms with van der Waals surface area (Å²) < 4.78 is 5.15. The molecule has 5 nitrogen and oxygen atoms in total. The number of hydrogen-bond donors (Lipinski definition) is 2. The van der Waals surface area contributed by atoms with Gasteiger partial charge in [0.15, 0.2) is 5.82 Å². The Kier molecular flexibility index (Phi) is 5.21. The van der Waals surface area contributed by atoms with Gasteiger partial charge in [-0.15, -0.1) is 0 Å². The summed E-state index contributed by atoms with van der Waals surface area (Å²) in [6.07, 6.45) is -0.715. The molecule has 1 heterocycles. The normalized spacial score (nSPS) is 12.6. The van der Waals surface area contributed by atoms with Gasteiger partial charge in [0.25, 0.3) is 5.89 Å². The molecule has 0 fully saturated rings. The molecular formula is C12H13ClN2O3S. The molecule has 0 saturated heterocycles. The smallest absolute Gasteiger partial charge is 0.257 e. The first kappa shape index (κ1) is 14.3. The fourth-order valence-corrected chi connectivity index (χ4v) is 2.28. The third-order valence-corrected chi connectivity index (χ3v) is 3.65. The van der Waals surface area contributed by atoms with Crippen LogP contribution in [0, 0.1) is 0 Å². The SMILES string of the molecule is OC[C@H](O)CSCc1noc(-c2ccc(Cl)cc2)n1. The van der Waals surface area contributed by atoms with E-state index in [-0.39, 0.29) is 6.61 Å². The molecule has 1 aromatic carbocycles. The number of aliphatic hydroxyl groups excluding tert-OH is 2. The van der Waals surface area contributed by atoms with Crippen molar-refractivity contribution in [2.24, 2.45) is 0 Å². The molecular weight excluding hydrogens is 288 g/mol. The third-order valence-electron chi connectivity index (χ3n) is 2.31. The molecule has 0 aliphatic heterocycles. The van der Waals surface area contributed by atoms with Crippen LogP contribution in [-0.2, 0) is 5.75 Å². The number of benzene rings is 1. The van der Waals surface area contributed by atoms with Crippen molar-refractivity contribution in [3.63, 3.8) is 0 Å². The highest BCUT2D eigenvalue weighted by atomic mass is 35.5. The van der Waals surface area contributed by atoms with Gasteiger partial charge in [-0.2, -0.15) is 16.7 Å². The lowest BCUT2D eigenvalue weighted by Crippen LogP contribution is -2.14. The van der Waals surface area contributed by atoms with Gasteiger partial charge >= 0.3 is 0 Å². The van der Waals surface area contributed by atoms with Gasteiger partial charge in [-0.3, -0.25) is 0 Å². The van der Waals surface area contributed by atoms with Crippen LogP contribution in [-0.4, -0.2) is 38.8 Å². The largest absolute Gasteiger partial charge is 0.394 e. The van der Waals surface area contributed by atoms with Gasteiger partial charge in [0.05, 0.1) is 18.5 Å². The monoisotopic (exact) mass is 300 g/mol. The van der Waals surface area contributed by atoms with E-state index in [4.69, 9.17) is 21.2 Å². The van der Waals surface area contributed by atoms with Crippen LogP contribution < -0.4 is 0 Å². The first-order valence-electron chi connectivity index (χ1n) is 5.64. The summed E-state index contributed by atoms with van der Waals surface area (Å²) in [5, 5.41) is 22.4. The average molecular weight is 301 g/mol. The Hall–Kier alpha value is -1.08. The third kappa shape index (κ3) is 4.21. The molecule has 102 valence electrons. The van der Waals surface area contributed by atoms with E-state index in [9.17, 15) is 5.11 Å². The van der Waals surface area contributed by atoms with Crippen LogP contribution in [0.2, 0.25) is 5.02 Å². The Morgan fingerprint density at radius 3 is 2.74 bits per heavy atom. The van der Waals surface area contributed by atoms with Crippen molar-refractivity contribution in [1.82, 2.24) is 10.1 Å². The van der Waals surface area contributed by atoms with Crippen molar-refractivity contribution >= 4 is 23.4 Å². The van der Waals surface area contributed by atoms with E-state index in [1.165, 1.54) is 11.8 Å². The van der Waals surface area contributed by atoms with E-state index in [2.05, 4.69) is 10.1 Å². The zero-order chi connectivity index (χ0) is 13.7. The van der Waals surface area contributed by atoms with Gasteiger partial charge in [-0.25, -0.2) is 0 Å². The Morgan fingerprint density at radius 1 is 1.32 bits per heavy atom. The minimum Gasteiger partial charge on any atom is -0.394 e. The maximum absolute atomic E-state index is 9.20. The molecule has 0 amide bonds. The van der Waals surface area contributed by atoms with Crippen molar-refractivity contribution in [2.75, 3.05) is 12.4 Å². The lowest BCUT2D eigenvalue weighted by Gasteiger charge is -2.03. The highest BCUT2D eigenvalue weighted by Gasteiger charge is 2.09. The first-order chi connectivity index (χ1) is 9.19. The van der Waals surface area contributed by atoms with Gasteiger partial charge in [-0.05, 0) is 24.3 Å². The van der Waals surface area contributed by atoms with Crippen LogP contribution >= 0.6 is 23.4 Å². The molecule has 7 heteroatoms. The van der Waals surface area contributed by atoms with E-state index < -0.39 is 6.10 Å². The minimum absolute atomic E-state index is 0.241. The van der Waals surface area contributed by atoms with Gasteiger partial charge in [0, 0.05) is 16.3 Å². The summed E-state index contributed by atoms with van der Waals surface area (Å²) in [4.78, 5) is 4.25.